The third kappa shape index (κ3) is 2.08. The molecule has 0 fully saturated rings. The summed E-state index contributed by atoms with van der Waals surface area (Å²) in [6.07, 6.45) is 4.08. The van der Waals surface area contributed by atoms with Crippen molar-refractivity contribution in [3.05, 3.63) is 36.3 Å². The molecule has 2 aromatic heterocycles. The summed E-state index contributed by atoms with van der Waals surface area (Å²) in [4.78, 5) is 4.49. The topological polar surface area (TPSA) is 43.3 Å². The van der Waals surface area contributed by atoms with Crippen LogP contribution in [0.15, 0.2) is 30.6 Å². The monoisotopic (exact) mass is 207 g/mol. The Kier molecular flexibility index (Phi) is 3.06. The van der Waals surface area contributed by atoms with Gasteiger partial charge in [-0.2, -0.15) is 11.8 Å². The molecule has 0 aliphatic carbocycles. The van der Waals surface area contributed by atoms with Gasteiger partial charge in [0.25, 0.3) is 0 Å². The quantitative estimate of drug-likeness (QED) is 0.773. The Morgan fingerprint density at radius 1 is 1.43 bits per heavy atom. The van der Waals surface area contributed by atoms with Gasteiger partial charge in [0.05, 0.1) is 5.69 Å². The van der Waals surface area contributed by atoms with Gasteiger partial charge in [-0.25, -0.2) is 4.98 Å². The molecule has 2 N–H and O–H groups in total. The van der Waals surface area contributed by atoms with Crippen LogP contribution in [-0.4, -0.2) is 21.7 Å². The summed E-state index contributed by atoms with van der Waals surface area (Å²) in [5.41, 5.74) is 7.55. The third-order valence-electron chi connectivity index (χ3n) is 1.93. The Labute approximate surface area is 87.3 Å². The summed E-state index contributed by atoms with van der Waals surface area (Å²) in [5, 5.41) is 0. The zero-order chi connectivity index (χ0) is 9.80. The lowest BCUT2D eigenvalue weighted by Crippen LogP contribution is -2.01. The molecular weight excluding hydrogens is 194 g/mol. The maximum Gasteiger partial charge on any atom is 0.137 e. The largest absolute Gasteiger partial charge is 0.330 e. The van der Waals surface area contributed by atoms with E-state index in [4.69, 9.17) is 5.73 Å². The van der Waals surface area contributed by atoms with Crippen molar-refractivity contribution in [1.82, 2.24) is 9.38 Å². The summed E-state index contributed by atoms with van der Waals surface area (Å²) >= 11 is 1.82. The minimum Gasteiger partial charge on any atom is -0.330 e. The predicted molar refractivity (Wildman–Crippen MR) is 60.4 cm³/mol. The van der Waals surface area contributed by atoms with Gasteiger partial charge in [0.1, 0.15) is 5.65 Å². The van der Waals surface area contributed by atoms with Crippen LogP contribution in [0.25, 0.3) is 5.65 Å². The smallest absolute Gasteiger partial charge is 0.137 e. The van der Waals surface area contributed by atoms with Crippen LogP contribution < -0.4 is 5.73 Å². The van der Waals surface area contributed by atoms with Crippen LogP contribution in [0.1, 0.15) is 5.69 Å². The number of hydrogen-bond acceptors (Lipinski definition) is 3. The zero-order valence-corrected chi connectivity index (χ0v) is 8.70. The second kappa shape index (κ2) is 4.48. The molecule has 2 aromatic rings. The minimum atomic E-state index is 0.734. The fourth-order valence-corrected chi connectivity index (χ4v) is 1.98. The van der Waals surface area contributed by atoms with Crippen LogP contribution in [0.2, 0.25) is 0 Å². The van der Waals surface area contributed by atoms with Gasteiger partial charge in [-0.1, -0.05) is 6.07 Å². The molecular formula is C10H13N3S. The second-order valence-electron chi connectivity index (χ2n) is 3.04. The van der Waals surface area contributed by atoms with E-state index in [1.165, 1.54) is 0 Å². The van der Waals surface area contributed by atoms with Crippen LogP contribution in [0, 0.1) is 0 Å². The zero-order valence-electron chi connectivity index (χ0n) is 7.89. The van der Waals surface area contributed by atoms with E-state index >= 15 is 0 Å². The number of hydrogen-bond donors (Lipinski definition) is 1. The lowest BCUT2D eigenvalue weighted by molar-refractivity contribution is 1.14. The highest BCUT2D eigenvalue weighted by molar-refractivity contribution is 7.98. The van der Waals surface area contributed by atoms with E-state index in [0.29, 0.717) is 0 Å². The molecule has 0 saturated heterocycles. The Bertz CT molecular complexity index is 377. The molecule has 0 radical (unpaired) electrons. The van der Waals surface area contributed by atoms with Crippen molar-refractivity contribution in [2.75, 3.05) is 12.3 Å². The van der Waals surface area contributed by atoms with Crippen LogP contribution in [0.3, 0.4) is 0 Å². The molecule has 0 aliphatic rings. The summed E-state index contributed by atoms with van der Waals surface area (Å²) in [7, 11) is 0. The Hall–Kier alpha value is -1.00. The number of nitrogens with two attached hydrogens (primary N) is 1. The first kappa shape index (κ1) is 9.55. The van der Waals surface area contributed by atoms with Crippen molar-refractivity contribution in [3.8, 4) is 0 Å². The molecule has 0 spiro atoms. The van der Waals surface area contributed by atoms with Gasteiger partial charge >= 0.3 is 0 Å². The average molecular weight is 207 g/mol. The highest BCUT2D eigenvalue weighted by atomic mass is 32.2. The second-order valence-corrected chi connectivity index (χ2v) is 4.14. The van der Waals surface area contributed by atoms with Crippen LogP contribution in [-0.2, 0) is 5.75 Å². The molecule has 3 nitrogen and oxygen atoms in total. The summed E-state index contributed by atoms with van der Waals surface area (Å²) in [6, 6.07) is 6.02. The highest BCUT2D eigenvalue weighted by Gasteiger charge is 1.99. The third-order valence-corrected chi connectivity index (χ3v) is 2.95. The Morgan fingerprint density at radius 2 is 2.36 bits per heavy atom. The van der Waals surface area contributed by atoms with Crippen molar-refractivity contribution in [3.63, 3.8) is 0 Å². The van der Waals surface area contributed by atoms with E-state index in [-0.39, 0.29) is 0 Å². The van der Waals surface area contributed by atoms with Gasteiger partial charge in [0, 0.05) is 30.4 Å². The number of thioether (sulfide) groups is 1. The molecule has 74 valence electrons. The summed E-state index contributed by atoms with van der Waals surface area (Å²) in [6.45, 7) is 0.734. The lowest BCUT2D eigenvalue weighted by atomic mass is 10.5. The van der Waals surface area contributed by atoms with Gasteiger partial charge in [-0.15, -0.1) is 0 Å². The number of imidazole rings is 1. The standard InChI is InChI=1S/C10H13N3S/c11-4-6-14-8-9-7-13-5-2-1-3-10(13)12-9/h1-3,5,7H,4,6,8,11H2. The molecule has 2 heterocycles. The van der Waals surface area contributed by atoms with E-state index in [0.717, 1.165) is 29.4 Å². The molecule has 2 rings (SSSR count). The fourth-order valence-electron chi connectivity index (χ4n) is 1.32. The molecule has 14 heavy (non-hydrogen) atoms. The average Bonchev–Trinajstić information content (AvgIpc) is 2.60. The lowest BCUT2D eigenvalue weighted by Gasteiger charge is -1.93. The van der Waals surface area contributed by atoms with Gasteiger partial charge in [-0.3, -0.25) is 0 Å². The first-order valence-electron chi connectivity index (χ1n) is 4.60. The Balaban J connectivity index is 2.11. The predicted octanol–water partition coefficient (Wildman–Crippen LogP) is 1.53. The normalized spacial score (nSPS) is 10.9. The maximum atomic E-state index is 5.42. The van der Waals surface area contributed by atoms with E-state index < -0.39 is 0 Å². The van der Waals surface area contributed by atoms with Crippen LogP contribution in [0.4, 0.5) is 0 Å². The molecule has 0 unspecified atom stereocenters. The van der Waals surface area contributed by atoms with Gasteiger partial charge in [0.2, 0.25) is 0 Å². The molecule has 0 atom stereocenters. The number of aromatic nitrogens is 2. The van der Waals surface area contributed by atoms with Crippen molar-refractivity contribution < 1.29 is 0 Å². The number of rotatable bonds is 4. The fraction of sp³-hybridized carbons (Fsp3) is 0.300. The highest BCUT2D eigenvalue weighted by Crippen LogP contribution is 2.11. The van der Waals surface area contributed by atoms with E-state index in [2.05, 4.69) is 11.2 Å². The molecule has 0 bridgehead atoms. The van der Waals surface area contributed by atoms with E-state index in [1.54, 1.807) is 0 Å². The van der Waals surface area contributed by atoms with E-state index in [1.807, 2.05) is 40.6 Å². The van der Waals surface area contributed by atoms with Crippen molar-refractivity contribution in [2.24, 2.45) is 5.73 Å². The molecule has 4 heteroatoms. The maximum absolute atomic E-state index is 5.42. The molecule has 0 aromatic carbocycles. The summed E-state index contributed by atoms with van der Waals surface area (Å²) in [5.74, 6) is 1.94. The SMILES string of the molecule is NCCSCc1cn2ccccc2n1. The van der Waals surface area contributed by atoms with Crippen molar-refractivity contribution in [1.29, 1.82) is 0 Å². The first-order valence-corrected chi connectivity index (χ1v) is 5.76. The number of nitrogens with zero attached hydrogens (tertiary/aromatic N) is 2. The minimum absolute atomic E-state index is 0.734. The van der Waals surface area contributed by atoms with Crippen LogP contribution >= 0.6 is 11.8 Å². The van der Waals surface area contributed by atoms with Crippen molar-refractivity contribution >= 4 is 17.4 Å². The first-order chi connectivity index (χ1) is 6.90. The molecule has 0 amide bonds. The Morgan fingerprint density at radius 3 is 3.14 bits per heavy atom. The van der Waals surface area contributed by atoms with Crippen LogP contribution in [0.5, 0.6) is 0 Å². The van der Waals surface area contributed by atoms with Crippen molar-refractivity contribution in [2.45, 2.75) is 5.75 Å². The summed E-state index contributed by atoms with van der Waals surface area (Å²) < 4.78 is 2.04. The van der Waals surface area contributed by atoms with Gasteiger partial charge < -0.3 is 10.1 Å². The van der Waals surface area contributed by atoms with E-state index in [9.17, 15) is 0 Å². The molecule has 0 aliphatic heterocycles. The number of fused-ring (bicyclic) bond motifs is 1. The number of pyridine rings is 1. The van der Waals surface area contributed by atoms with Gasteiger partial charge in [0.15, 0.2) is 0 Å². The van der Waals surface area contributed by atoms with Gasteiger partial charge in [-0.05, 0) is 12.1 Å². The molecule has 0 saturated carbocycles.